The number of ether oxygens (including phenoxy) is 2. The van der Waals surface area contributed by atoms with Gasteiger partial charge in [-0.15, -0.1) is 0 Å². The van der Waals surface area contributed by atoms with E-state index in [2.05, 4.69) is 12.2 Å². The van der Waals surface area contributed by atoms with Crippen molar-refractivity contribution in [3.05, 3.63) is 60.2 Å². The van der Waals surface area contributed by atoms with Crippen LogP contribution >= 0.6 is 0 Å². The van der Waals surface area contributed by atoms with E-state index in [4.69, 9.17) is 9.47 Å². The van der Waals surface area contributed by atoms with E-state index in [1.165, 1.54) is 4.90 Å². The lowest BCUT2D eigenvalue weighted by atomic mass is 9.85. The fourth-order valence-corrected chi connectivity index (χ4v) is 6.16. The van der Waals surface area contributed by atoms with Gasteiger partial charge < -0.3 is 14.4 Å². The maximum atomic E-state index is 13.1. The van der Waals surface area contributed by atoms with Crippen LogP contribution in [0, 0.1) is 36.5 Å². The Morgan fingerprint density at radius 3 is 2.17 bits per heavy atom. The molecule has 0 unspecified atom stereocenters. The van der Waals surface area contributed by atoms with Gasteiger partial charge in [0.25, 0.3) is 0 Å². The maximum Gasteiger partial charge on any atom is 0.316 e. The lowest BCUT2D eigenvalue weighted by molar-refractivity contribution is -0.139. The molecule has 0 radical (unpaired) electrons. The van der Waals surface area contributed by atoms with E-state index in [1.54, 1.807) is 61.4 Å². The Hall–Kier alpha value is -3.94. The van der Waals surface area contributed by atoms with Gasteiger partial charge in [-0.25, -0.2) is 4.90 Å². The molecular formula is C28H26N2O6. The van der Waals surface area contributed by atoms with Crippen molar-refractivity contribution >= 4 is 35.1 Å². The number of anilines is 2. The second-order valence-corrected chi connectivity index (χ2v) is 9.98. The molecule has 0 aromatic heterocycles. The summed E-state index contributed by atoms with van der Waals surface area (Å²) < 4.78 is 10.8. The number of amides is 3. The van der Waals surface area contributed by atoms with Crippen LogP contribution in [0.5, 0.6) is 11.5 Å². The second kappa shape index (κ2) is 8.33. The van der Waals surface area contributed by atoms with Gasteiger partial charge in [0.2, 0.25) is 17.7 Å². The van der Waals surface area contributed by atoms with Crippen LogP contribution in [0.25, 0.3) is 0 Å². The van der Waals surface area contributed by atoms with Crippen LogP contribution in [-0.2, 0) is 19.2 Å². The molecular weight excluding hydrogens is 460 g/mol. The Bertz CT molecular complexity index is 1290. The van der Waals surface area contributed by atoms with Crippen LogP contribution in [-0.4, -0.2) is 37.3 Å². The van der Waals surface area contributed by atoms with E-state index >= 15 is 0 Å². The van der Waals surface area contributed by atoms with E-state index in [9.17, 15) is 19.2 Å². The number of fused-ring (bicyclic) bond motifs is 5. The normalized spacial score (nSPS) is 28.3. The van der Waals surface area contributed by atoms with E-state index in [-0.39, 0.29) is 54.4 Å². The summed E-state index contributed by atoms with van der Waals surface area (Å²) in [5.74, 6) is -0.745. The Morgan fingerprint density at radius 1 is 0.917 bits per heavy atom. The van der Waals surface area contributed by atoms with Crippen molar-refractivity contribution in [2.75, 3.05) is 23.5 Å². The zero-order chi connectivity index (χ0) is 25.1. The smallest absolute Gasteiger partial charge is 0.316 e. The first-order valence-corrected chi connectivity index (χ1v) is 12.2. The van der Waals surface area contributed by atoms with E-state index in [0.717, 1.165) is 6.42 Å². The molecule has 36 heavy (non-hydrogen) atoms. The minimum atomic E-state index is -0.594. The van der Waals surface area contributed by atoms with E-state index in [0.29, 0.717) is 28.4 Å². The molecule has 4 aliphatic rings. The zero-order valence-electron chi connectivity index (χ0n) is 20.0. The van der Waals surface area contributed by atoms with Crippen LogP contribution in [0.15, 0.2) is 54.6 Å². The third-order valence-electron chi connectivity index (χ3n) is 7.94. The molecule has 5 atom stereocenters. The average molecular weight is 487 g/mol. The molecule has 2 aliphatic heterocycles. The number of imide groups is 1. The van der Waals surface area contributed by atoms with Gasteiger partial charge in [-0.3, -0.25) is 19.2 Å². The molecule has 184 valence electrons. The first kappa shape index (κ1) is 22.5. The summed E-state index contributed by atoms with van der Waals surface area (Å²) in [5, 5.41) is 0. The maximum absolute atomic E-state index is 13.1. The monoisotopic (exact) mass is 486 g/mol. The number of hydrogen-bond acceptors (Lipinski definition) is 6. The van der Waals surface area contributed by atoms with Crippen LogP contribution < -0.4 is 19.3 Å². The van der Waals surface area contributed by atoms with Crippen molar-refractivity contribution in [2.24, 2.45) is 29.6 Å². The molecule has 1 saturated carbocycles. The predicted molar refractivity (Wildman–Crippen MR) is 130 cm³/mol. The SMILES string of the molecule is COc1ccc(N2C[C@H](C(=O)Oc3ccc(N4C(=O)[C@H]5[C@H](C4=O)[C@H]4C=C[C@H]5C4)c(C)c3)CC2=O)cc1. The molecule has 2 saturated heterocycles. The summed E-state index contributed by atoms with van der Waals surface area (Å²) >= 11 is 0. The van der Waals surface area contributed by atoms with E-state index in [1.807, 2.05) is 0 Å². The largest absolute Gasteiger partial charge is 0.497 e. The molecule has 8 nitrogen and oxygen atoms in total. The van der Waals surface area contributed by atoms with Gasteiger partial charge in [0, 0.05) is 18.7 Å². The molecule has 2 heterocycles. The first-order chi connectivity index (χ1) is 17.4. The topological polar surface area (TPSA) is 93.2 Å². The van der Waals surface area contributed by atoms with Crippen molar-refractivity contribution in [2.45, 2.75) is 19.8 Å². The molecule has 2 aliphatic carbocycles. The molecule has 0 spiro atoms. The highest BCUT2D eigenvalue weighted by Crippen LogP contribution is 2.53. The number of hydrogen-bond donors (Lipinski definition) is 0. The van der Waals surface area contributed by atoms with Crippen LogP contribution in [0.3, 0.4) is 0 Å². The first-order valence-electron chi connectivity index (χ1n) is 12.2. The summed E-state index contributed by atoms with van der Waals surface area (Å²) in [7, 11) is 1.57. The number of allylic oxidation sites excluding steroid dienone is 2. The van der Waals surface area contributed by atoms with Gasteiger partial charge in [0.1, 0.15) is 11.5 Å². The minimum Gasteiger partial charge on any atom is -0.497 e. The van der Waals surface area contributed by atoms with Crippen molar-refractivity contribution in [3.8, 4) is 11.5 Å². The third-order valence-corrected chi connectivity index (χ3v) is 7.94. The number of esters is 1. The van der Waals surface area contributed by atoms with Crippen molar-refractivity contribution in [1.29, 1.82) is 0 Å². The number of rotatable bonds is 5. The highest BCUT2D eigenvalue weighted by Gasteiger charge is 2.59. The number of carbonyl (C=O) groups is 4. The van der Waals surface area contributed by atoms with Crippen LogP contribution in [0.2, 0.25) is 0 Å². The molecule has 6 rings (SSSR count). The van der Waals surface area contributed by atoms with Crippen LogP contribution in [0.4, 0.5) is 11.4 Å². The summed E-state index contributed by atoms with van der Waals surface area (Å²) in [6, 6.07) is 12.0. The quantitative estimate of drug-likeness (QED) is 0.279. The lowest BCUT2D eigenvalue weighted by Crippen LogP contribution is -2.33. The Kier molecular flexibility index (Phi) is 5.21. The fraction of sp³-hybridized carbons (Fsp3) is 0.357. The molecule has 2 aromatic carbocycles. The lowest BCUT2D eigenvalue weighted by Gasteiger charge is -2.20. The highest BCUT2D eigenvalue weighted by molar-refractivity contribution is 6.23. The van der Waals surface area contributed by atoms with Crippen molar-refractivity contribution < 1.29 is 28.7 Å². The second-order valence-electron chi connectivity index (χ2n) is 9.98. The van der Waals surface area contributed by atoms with Gasteiger partial charge in [-0.1, -0.05) is 12.2 Å². The molecule has 3 amide bonds. The number of methoxy groups -OCH3 is 1. The van der Waals surface area contributed by atoms with E-state index < -0.39 is 11.9 Å². The molecule has 3 fully saturated rings. The molecule has 0 N–H and O–H groups in total. The zero-order valence-corrected chi connectivity index (χ0v) is 20.0. The third kappa shape index (κ3) is 3.43. The van der Waals surface area contributed by atoms with Gasteiger partial charge in [-0.2, -0.15) is 0 Å². The van der Waals surface area contributed by atoms with Gasteiger partial charge in [0.05, 0.1) is 30.6 Å². The number of carbonyl (C=O) groups excluding carboxylic acids is 4. The average Bonchev–Trinajstić information content (AvgIpc) is 3.64. The van der Waals surface area contributed by atoms with Gasteiger partial charge >= 0.3 is 5.97 Å². The van der Waals surface area contributed by atoms with Crippen molar-refractivity contribution in [1.82, 2.24) is 0 Å². The summed E-state index contributed by atoms with van der Waals surface area (Å²) in [6.45, 7) is 2.02. The van der Waals surface area contributed by atoms with Gasteiger partial charge in [-0.05, 0) is 73.2 Å². The standard InChI is InChI=1S/C28H26N2O6/c1-15-11-21(9-10-22(15)30-26(32)24-16-3-4-17(12-16)25(24)27(30)33)36-28(34)18-13-23(31)29(14-18)19-5-7-20(35-2)8-6-19/h3-11,16-18,24-25H,12-14H2,1-2H3/t16-,17-,18+,24+,25+/m0/s1. The number of aryl methyl sites for hydroxylation is 1. The Labute approximate surface area is 208 Å². The minimum absolute atomic E-state index is 0.0673. The summed E-state index contributed by atoms with van der Waals surface area (Å²) in [5.41, 5.74) is 1.90. The van der Waals surface area contributed by atoms with Gasteiger partial charge in [0.15, 0.2) is 0 Å². The fourth-order valence-electron chi connectivity index (χ4n) is 6.16. The van der Waals surface area contributed by atoms with Crippen molar-refractivity contribution in [3.63, 3.8) is 0 Å². The molecule has 2 bridgehead atoms. The Balaban J connectivity index is 1.14. The summed E-state index contributed by atoms with van der Waals surface area (Å²) in [4.78, 5) is 54.6. The summed E-state index contributed by atoms with van der Waals surface area (Å²) in [6.07, 6.45) is 5.09. The predicted octanol–water partition coefficient (Wildman–Crippen LogP) is 3.27. The number of nitrogens with zero attached hydrogens (tertiary/aromatic N) is 2. The molecule has 2 aromatic rings. The highest BCUT2D eigenvalue weighted by atomic mass is 16.5. The number of benzene rings is 2. The Morgan fingerprint density at radius 2 is 1.56 bits per heavy atom. The molecule has 8 heteroatoms. The van der Waals surface area contributed by atoms with Crippen LogP contribution in [0.1, 0.15) is 18.4 Å².